The molecule has 4 rings (SSSR count). The molecule has 162 valence electrons. The Kier molecular flexibility index (Phi) is 5.43. The summed E-state index contributed by atoms with van der Waals surface area (Å²) in [5.41, 5.74) is 0.972. The summed E-state index contributed by atoms with van der Waals surface area (Å²) in [6.07, 6.45) is -2.76. The molecule has 31 heavy (non-hydrogen) atoms. The number of rotatable bonds is 4. The molecule has 3 aromatic rings. The van der Waals surface area contributed by atoms with Crippen molar-refractivity contribution in [2.24, 2.45) is 0 Å². The molecule has 0 atom stereocenters. The van der Waals surface area contributed by atoms with Crippen LogP contribution in [0.25, 0.3) is 10.8 Å². The molecule has 1 aliphatic heterocycles. The number of aromatic nitrogens is 2. The van der Waals surface area contributed by atoms with Crippen LogP contribution < -0.4 is 10.2 Å². The normalized spacial score (nSPS) is 14.9. The minimum absolute atomic E-state index is 0.0533. The lowest BCUT2D eigenvalue weighted by molar-refractivity contribution is -0.138. The van der Waals surface area contributed by atoms with Crippen LogP contribution in [0.3, 0.4) is 0 Å². The van der Waals surface area contributed by atoms with Gasteiger partial charge in [-0.25, -0.2) is 0 Å². The second-order valence-electron chi connectivity index (χ2n) is 7.64. The van der Waals surface area contributed by atoms with Gasteiger partial charge in [-0.15, -0.1) is 5.10 Å². The lowest BCUT2D eigenvalue weighted by Gasteiger charge is -2.33. The number of hydrogen-bond donors (Lipinski definition) is 1. The number of anilines is 2. The van der Waals surface area contributed by atoms with Crippen molar-refractivity contribution in [3.8, 4) is 0 Å². The van der Waals surface area contributed by atoms with E-state index in [1.807, 2.05) is 23.1 Å². The molecule has 1 aliphatic rings. The monoisotopic (exact) mass is 429 g/mol. The second kappa shape index (κ2) is 8.05. The lowest BCUT2D eigenvalue weighted by Crippen LogP contribution is -2.48. The third-order valence-corrected chi connectivity index (χ3v) is 5.67. The maximum absolute atomic E-state index is 13.2. The SMILES string of the molecule is Cc1c(CNc2nncc3ccc(N4CCN(C)C(=O)C4)cc23)cccc1C(F)(F)F. The summed E-state index contributed by atoms with van der Waals surface area (Å²) in [5.74, 6) is 0.536. The van der Waals surface area contributed by atoms with Gasteiger partial charge in [0.15, 0.2) is 5.82 Å². The Morgan fingerprint density at radius 2 is 1.97 bits per heavy atom. The highest BCUT2D eigenvalue weighted by atomic mass is 19.4. The van der Waals surface area contributed by atoms with E-state index in [2.05, 4.69) is 15.5 Å². The van der Waals surface area contributed by atoms with Gasteiger partial charge in [0.05, 0.1) is 18.3 Å². The van der Waals surface area contributed by atoms with E-state index in [0.29, 0.717) is 24.5 Å². The van der Waals surface area contributed by atoms with Gasteiger partial charge in [0.1, 0.15) is 0 Å². The maximum Gasteiger partial charge on any atom is 0.416 e. The number of amides is 1. The highest BCUT2D eigenvalue weighted by molar-refractivity contribution is 5.94. The molecule has 0 radical (unpaired) electrons. The predicted molar refractivity (Wildman–Crippen MR) is 113 cm³/mol. The number of carbonyl (C=O) groups is 1. The molecular formula is C22H22F3N5O. The number of likely N-dealkylation sites (N-methyl/N-ethyl adjacent to an activating group) is 1. The first kappa shape index (κ1) is 20.9. The van der Waals surface area contributed by atoms with E-state index in [1.54, 1.807) is 24.2 Å². The zero-order valence-corrected chi connectivity index (χ0v) is 17.2. The highest BCUT2D eigenvalue weighted by Crippen LogP contribution is 2.33. The summed E-state index contributed by atoms with van der Waals surface area (Å²) in [6, 6.07) is 9.93. The number of nitrogens with zero attached hydrogens (tertiary/aromatic N) is 4. The summed E-state index contributed by atoms with van der Waals surface area (Å²) < 4.78 is 39.6. The molecule has 2 aromatic carbocycles. The molecule has 0 bridgehead atoms. The van der Waals surface area contributed by atoms with Crippen molar-refractivity contribution in [3.05, 3.63) is 59.3 Å². The van der Waals surface area contributed by atoms with Gasteiger partial charge in [-0.1, -0.05) is 18.2 Å². The molecule has 2 heterocycles. The van der Waals surface area contributed by atoms with Crippen molar-refractivity contribution in [1.29, 1.82) is 0 Å². The maximum atomic E-state index is 13.2. The van der Waals surface area contributed by atoms with Gasteiger partial charge in [-0.3, -0.25) is 4.79 Å². The molecule has 1 amide bonds. The van der Waals surface area contributed by atoms with E-state index in [4.69, 9.17) is 0 Å². The van der Waals surface area contributed by atoms with Crippen LogP contribution in [0, 0.1) is 6.92 Å². The van der Waals surface area contributed by atoms with Gasteiger partial charge < -0.3 is 15.1 Å². The first-order valence-corrected chi connectivity index (χ1v) is 9.88. The number of carbonyl (C=O) groups excluding carboxylic acids is 1. The molecule has 1 saturated heterocycles. The third-order valence-electron chi connectivity index (χ3n) is 5.67. The molecule has 1 fully saturated rings. The van der Waals surface area contributed by atoms with Crippen LogP contribution in [0.5, 0.6) is 0 Å². The highest BCUT2D eigenvalue weighted by Gasteiger charge is 2.32. The summed E-state index contributed by atoms with van der Waals surface area (Å²) in [5, 5.41) is 12.9. The van der Waals surface area contributed by atoms with Crippen molar-refractivity contribution in [2.75, 3.05) is 36.9 Å². The van der Waals surface area contributed by atoms with E-state index in [-0.39, 0.29) is 18.0 Å². The van der Waals surface area contributed by atoms with Gasteiger partial charge in [-0.2, -0.15) is 18.3 Å². The lowest BCUT2D eigenvalue weighted by atomic mass is 10.0. The van der Waals surface area contributed by atoms with Crippen molar-refractivity contribution < 1.29 is 18.0 Å². The van der Waals surface area contributed by atoms with Crippen molar-refractivity contribution in [3.63, 3.8) is 0 Å². The Labute approximate surface area is 177 Å². The molecule has 1 N–H and O–H groups in total. The van der Waals surface area contributed by atoms with Gasteiger partial charge >= 0.3 is 6.18 Å². The quantitative estimate of drug-likeness (QED) is 0.683. The fourth-order valence-corrected chi connectivity index (χ4v) is 3.73. The van der Waals surface area contributed by atoms with Crippen LogP contribution >= 0.6 is 0 Å². The molecule has 9 heteroatoms. The molecule has 0 spiro atoms. The zero-order chi connectivity index (χ0) is 22.2. The number of piperazine rings is 1. The van der Waals surface area contributed by atoms with Crippen LogP contribution in [0.15, 0.2) is 42.6 Å². The fourth-order valence-electron chi connectivity index (χ4n) is 3.73. The standard InChI is InChI=1S/C22H22F3N5O/c1-14-15(4-3-5-19(14)22(23,24)25)11-26-21-18-10-17(7-6-16(18)12-27-28-21)30-9-8-29(2)20(31)13-30/h3-7,10,12H,8-9,11,13H2,1-2H3,(H,26,28). The fraction of sp³-hybridized carbons (Fsp3) is 0.318. The van der Waals surface area contributed by atoms with Crippen LogP contribution in [-0.4, -0.2) is 47.7 Å². The molecule has 0 aliphatic carbocycles. The zero-order valence-electron chi connectivity index (χ0n) is 17.2. The number of hydrogen-bond acceptors (Lipinski definition) is 5. The minimum Gasteiger partial charge on any atom is -0.364 e. The topological polar surface area (TPSA) is 61.4 Å². The first-order valence-electron chi connectivity index (χ1n) is 9.88. The van der Waals surface area contributed by atoms with Crippen molar-refractivity contribution in [2.45, 2.75) is 19.6 Å². The molecular weight excluding hydrogens is 407 g/mol. The number of nitrogens with one attached hydrogen (secondary N) is 1. The Balaban J connectivity index is 1.61. The second-order valence-corrected chi connectivity index (χ2v) is 7.64. The Hall–Kier alpha value is -3.36. The van der Waals surface area contributed by atoms with Gasteiger partial charge in [-0.05, 0) is 36.2 Å². The molecule has 1 aromatic heterocycles. The summed E-state index contributed by atoms with van der Waals surface area (Å²) in [7, 11) is 1.79. The number of fused-ring (bicyclic) bond motifs is 1. The summed E-state index contributed by atoms with van der Waals surface area (Å²) >= 11 is 0. The van der Waals surface area contributed by atoms with Gasteiger partial charge in [0.25, 0.3) is 0 Å². The van der Waals surface area contributed by atoms with Crippen LogP contribution in [0.4, 0.5) is 24.7 Å². The Morgan fingerprint density at radius 3 is 2.71 bits per heavy atom. The van der Waals surface area contributed by atoms with Crippen molar-refractivity contribution >= 4 is 28.2 Å². The Bertz CT molecular complexity index is 1130. The summed E-state index contributed by atoms with van der Waals surface area (Å²) in [4.78, 5) is 15.8. The van der Waals surface area contributed by atoms with Crippen molar-refractivity contribution in [1.82, 2.24) is 15.1 Å². The minimum atomic E-state index is -4.39. The van der Waals surface area contributed by atoms with Gasteiger partial charge in [0, 0.05) is 43.1 Å². The number of halogens is 3. The largest absolute Gasteiger partial charge is 0.416 e. The van der Waals surface area contributed by atoms with E-state index >= 15 is 0 Å². The van der Waals surface area contributed by atoms with E-state index in [0.717, 1.165) is 29.1 Å². The van der Waals surface area contributed by atoms with Crippen LogP contribution in [-0.2, 0) is 17.5 Å². The molecule has 6 nitrogen and oxygen atoms in total. The van der Waals surface area contributed by atoms with E-state index in [1.165, 1.54) is 13.0 Å². The van der Waals surface area contributed by atoms with E-state index in [9.17, 15) is 18.0 Å². The predicted octanol–water partition coefficient (Wildman–Crippen LogP) is 3.85. The Morgan fingerprint density at radius 1 is 1.16 bits per heavy atom. The number of alkyl halides is 3. The summed E-state index contributed by atoms with van der Waals surface area (Å²) in [6.45, 7) is 3.31. The first-order chi connectivity index (χ1) is 14.7. The van der Waals surface area contributed by atoms with E-state index < -0.39 is 11.7 Å². The average molecular weight is 429 g/mol. The number of benzene rings is 2. The smallest absolute Gasteiger partial charge is 0.364 e. The van der Waals surface area contributed by atoms with Crippen LogP contribution in [0.1, 0.15) is 16.7 Å². The average Bonchev–Trinajstić information content (AvgIpc) is 2.73. The molecule has 0 saturated carbocycles. The van der Waals surface area contributed by atoms with Crippen LogP contribution in [0.2, 0.25) is 0 Å². The molecule has 0 unspecified atom stereocenters. The third kappa shape index (κ3) is 4.26. The van der Waals surface area contributed by atoms with Gasteiger partial charge in [0.2, 0.25) is 5.91 Å².